The van der Waals surface area contributed by atoms with Crippen LogP contribution in [0.5, 0.6) is 0 Å². The van der Waals surface area contributed by atoms with Gasteiger partial charge in [0.25, 0.3) is 5.91 Å². The van der Waals surface area contributed by atoms with Crippen molar-refractivity contribution in [2.24, 2.45) is 5.84 Å². The lowest BCUT2D eigenvalue weighted by atomic mass is 10.0. The molecular formula is C15H18N4O. The Morgan fingerprint density at radius 2 is 1.95 bits per heavy atom. The first-order valence-corrected chi connectivity index (χ1v) is 6.54. The summed E-state index contributed by atoms with van der Waals surface area (Å²) < 4.78 is 0. The number of nitrogens with one attached hydrogen (secondary N) is 2. The van der Waals surface area contributed by atoms with Crippen LogP contribution in [-0.2, 0) is 0 Å². The number of nitrogens with two attached hydrogens (primary N) is 1. The lowest BCUT2D eigenvalue weighted by molar-refractivity contribution is 0.0930. The number of amides is 1. The van der Waals surface area contributed by atoms with E-state index in [1.54, 1.807) is 18.2 Å². The SMILES string of the molecule is CCC(NC(=O)c1cccc(NN)n1)c1ccccc1. The van der Waals surface area contributed by atoms with Crippen LogP contribution in [0.2, 0.25) is 0 Å². The van der Waals surface area contributed by atoms with E-state index in [9.17, 15) is 4.79 Å². The predicted octanol–water partition coefficient (Wildman–Crippen LogP) is 2.25. The molecule has 1 aromatic heterocycles. The monoisotopic (exact) mass is 270 g/mol. The van der Waals surface area contributed by atoms with Gasteiger partial charge in [-0.2, -0.15) is 0 Å². The van der Waals surface area contributed by atoms with Crippen molar-refractivity contribution in [1.29, 1.82) is 0 Å². The van der Waals surface area contributed by atoms with Gasteiger partial charge >= 0.3 is 0 Å². The summed E-state index contributed by atoms with van der Waals surface area (Å²) in [6.07, 6.45) is 0.810. The van der Waals surface area contributed by atoms with Gasteiger partial charge in [0.05, 0.1) is 6.04 Å². The number of pyridine rings is 1. The molecule has 1 unspecified atom stereocenters. The highest BCUT2D eigenvalue weighted by atomic mass is 16.1. The highest BCUT2D eigenvalue weighted by molar-refractivity contribution is 5.92. The van der Waals surface area contributed by atoms with Crippen LogP contribution in [0.4, 0.5) is 5.82 Å². The number of carbonyl (C=O) groups excluding carboxylic acids is 1. The number of carbonyl (C=O) groups is 1. The Balaban J connectivity index is 2.13. The van der Waals surface area contributed by atoms with E-state index in [2.05, 4.69) is 15.7 Å². The first-order valence-electron chi connectivity index (χ1n) is 6.54. The third kappa shape index (κ3) is 3.33. The van der Waals surface area contributed by atoms with E-state index in [4.69, 9.17) is 5.84 Å². The summed E-state index contributed by atoms with van der Waals surface area (Å²) in [5.41, 5.74) is 3.85. The topological polar surface area (TPSA) is 80.0 Å². The Bertz CT molecular complexity index is 571. The molecule has 0 fully saturated rings. The predicted molar refractivity (Wildman–Crippen MR) is 79.0 cm³/mol. The molecule has 1 aromatic carbocycles. The van der Waals surface area contributed by atoms with Gasteiger partial charge < -0.3 is 10.7 Å². The van der Waals surface area contributed by atoms with E-state index < -0.39 is 0 Å². The molecule has 0 saturated carbocycles. The third-order valence-corrected chi connectivity index (χ3v) is 3.05. The second-order valence-corrected chi connectivity index (χ2v) is 4.40. The number of nitrogens with zero attached hydrogens (tertiary/aromatic N) is 1. The summed E-state index contributed by atoms with van der Waals surface area (Å²) in [7, 11) is 0. The van der Waals surface area contributed by atoms with Crippen molar-refractivity contribution in [2.75, 3.05) is 5.43 Å². The maximum atomic E-state index is 12.2. The molecule has 0 radical (unpaired) electrons. The van der Waals surface area contributed by atoms with Gasteiger partial charge in [0, 0.05) is 0 Å². The van der Waals surface area contributed by atoms with Gasteiger partial charge in [0.2, 0.25) is 0 Å². The quantitative estimate of drug-likeness (QED) is 0.575. The lowest BCUT2D eigenvalue weighted by Crippen LogP contribution is -2.29. The Kier molecular flexibility index (Phi) is 4.68. The minimum absolute atomic E-state index is 0.0278. The number of hydrogen-bond acceptors (Lipinski definition) is 4. The maximum Gasteiger partial charge on any atom is 0.270 e. The standard InChI is InChI=1S/C15H18N4O/c1-2-12(11-7-4-3-5-8-11)18-15(20)13-9-6-10-14(17-13)19-16/h3-10,12H,2,16H2,1H3,(H,17,19)(H,18,20). The first kappa shape index (κ1) is 14.0. The average molecular weight is 270 g/mol. The van der Waals surface area contributed by atoms with Crippen molar-refractivity contribution >= 4 is 11.7 Å². The van der Waals surface area contributed by atoms with Crippen molar-refractivity contribution < 1.29 is 4.79 Å². The summed E-state index contributed by atoms with van der Waals surface area (Å²) in [6.45, 7) is 2.03. The van der Waals surface area contributed by atoms with E-state index in [0.717, 1.165) is 12.0 Å². The largest absolute Gasteiger partial charge is 0.344 e. The first-order chi connectivity index (χ1) is 9.74. The van der Waals surface area contributed by atoms with E-state index in [1.165, 1.54) is 0 Å². The van der Waals surface area contributed by atoms with E-state index >= 15 is 0 Å². The number of nitrogen functional groups attached to an aromatic ring is 1. The molecule has 0 saturated heterocycles. The highest BCUT2D eigenvalue weighted by Gasteiger charge is 2.14. The molecule has 0 aliphatic rings. The summed E-state index contributed by atoms with van der Waals surface area (Å²) in [5.74, 6) is 5.55. The fraction of sp³-hybridized carbons (Fsp3) is 0.200. The molecule has 5 nitrogen and oxygen atoms in total. The molecule has 1 amide bonds. The normalized spacial score (nSPS) is 11.7. The summed E-state index contributed by atoms with van der Waals surface area (Å²) in [4.78, 5) is 16.3. The molecule has 5 heteroatoms. The fourth-order valence-electron chi connectivity index (χ4n) is 1.98. The molecule has 0 aliphatic heterocycles. The molecule has 0 aliphatic carbocycles. The van der Waals surface area contributed by atoms with Crippen LogP contribution in [0.1, 0.15) is 35.4 Å². The number of rotatable bonds is 5. The van der Waals surface area contributed by atoms with Gasteiger partial charge in [0.1, 0.15) is 11.5 Å². The number of hydrogen-bond donors (Lipinski definition) is 3. The minimum Gasteiger partial charge on any atom is -0.344 e. The average Bonchev–Trinajstić information content (AvgIpc) is 2.53. The second-order valence-electron chi connectivity index (χ2n) is 4.40. The van der Waals surface area contributed by atoms with Crippen LogP contribution in [0.3, 0.4) is 0 Å². The number of benzene rings is 1. The van der Waals surface area contributed by atoms with Crippen LogP contribution in [0.25, 0.3) is 0 Å². The molecule has 1 heterocycles. The molecule has 2 aromatic rings. The number of anilines is 1. The van der Waals surface area contributed by atoms with Gasteiger partial charge in [-0.1, -0.05) is 43.3 Å². The van der Waals surface area contributed by atoms with Crippen molar-refractivity contribution in [3.63, 3.8) is 0 Å². The van der Waals surface area contributed by atoms with Crippen LogP contribution in [-0.4, -0.2) is 10.9 Å². The zero-order chi connectivity index (χ0) is 14.4. The summed E-state index contributed by atoms with van der Waals surface area (Å²) >= 11 is 0. The molecular weight excluding hydrogens is 252 g/mol. The summed E-state index contributed by atoms with van der Waals surface area (Å²) in [6, 6.07) is 14.9. The van der Waals surface area contributed by atoms with Crippen molar-refractivity contribution in [3.8, 4) is 0 Å². The zero-order valence-electron chi connectivity index (χ0n) is 11.3. The maximum absolute atomic E-state index is 12.2. The molecule has 0 spiro atoms. The Morgan fingerprint density at radius 3 is 2.60 bits per heavy atom. The fourth-order valence-corrected chi connectivity index (χ4v) is 1.98. The highest BCUT2D eigenvalue weighted by Crippen LogP contribution is 2.16. The molecule has 2 rings (SSSR count). The Labute approximate surface area is 118 Å². The second kappa shape index (κ2) is 6.68. The molecule has 4 N–H and O–H groups in total. The molecule has 104 valence electrons. The molecule has 0 bridgehead atoms. The zero-order valence-corrected chi connectivity index (χ0v) is 11.3. The van der Waals surface area contributed by atoms with E-state index in [1.807, 2.05) is 37.3 Å². The Hall–Kier alpha value is -2.40. The van der Waals surface area contributed by atoms with Crippen molar-refractivity contribution in [3.05, 3.63) is 59.8 Å². The van der Waals surface area contributed by atoms with Crippen molar-refractivity contribution in [2.45, 2.75) is 19.4 Å². The van der Waals surface area contributed by atoms with E-state index in [0.29, 0.717) is 11.5 Å². The molecule has 20 heavy (non-hydrogen) atoms. The van der Waals surface area contributed by atoms with Gasteiger partial charge in [0.15, 0.2) is 0 Å². The number of hydrazine groups is 1. The number of aromatic nitrogens is 1. The van der Waals surface area contributed by atoms with Gasteiger partial charge in [-0.25, -0.2) is 10.8 Å². The van der Waals surface area contributed by atoms with Crippen molar-refractivity contribution in [1.82, 2.24) is 10.3 Å². The summed E-state index contributed by atoms with van der Waals surface area (Å²) in [5, 5.41) is 2.98. The van der Waals surface area contributed by atoms with Gasteiger partial charge in [-0.15, -0.1) is 0 Å². The van der Waals surface area contributed by atoms with Gasteiger partial charge in [-0.3, -0.25) is 4.79 Å². The lowest BCUT2D eigenvalue weighted by Gasteiger charge is -2.17. The third-order valence-electron chi connectivity index (χ3n) is 3.05. The Morgan fingerprint density at radius 1 is 1.20 bits per heavy atom. The van der Waals surface area contributed by atoms with Crippen LogP contribution in [0, 0.1) is 0 Å². The molecule has 1 atom stereocenters. The van der Waals surface area contributed by atoms with Crippen LogP contribution in [0.15, 0.2) is 48.5 Å². The van der Waals surface area contributed by atoms with Gasteiger partial charge in [-0.05, 0) is 24.1 Å². The van der Waals surface area contributed by atoms with Crippen LogP contribution >= 0.6 is 0 Å². The minimum atomic E-state index is -0.210. The smallest absolute Gasteiger partial charge is 0.270 e. The van der Waals surface area contributed by atoms with Crippen LogP contribution < -0.4 is 16.6 Å². The van der Waals surface area contributed by atoms with E-state index in [-0.39, 0.29) is 11.9 Å².